The molecule has 5 N–H and O–H groups in total. The largest absolute Gasteiger partial charge is 0.462 e. The number of allylic oxidation sites excluding steroid dienone is 1. The van der Waals surface area contributed by atoms with Gasteiger partial charge in [0.25, 0.3) is 0 Å². The van der Waals surface area contributed by atoms with Crippen molar-refractivity contribution in [2.75, 3.05) is 0 Å². The molecule has 2 fully saturated rings. The molecule has 0 spiro atoms. The van der Waals surface area contributed by atoms with Gasteiger partial charge < -0.3 is 39.7 Å². The van der Waals surface area contributed by atoms with Gasteiger partial charge in [0.15, 0.2) is 12.1 Å². The van der Waals surface area contributed by atoms with E-state index in [1.165, 1.54) is 6.92 Å². The third-order valence-corrected chi connectivity index (χ3v) is 8.24. The number of rotatable bonds is 3. The third kappa shape index (κ3) is 6.98. The summed E-state index contributed by atoms with van der Waals surface area (Å²) in [5, 5.41) is 52.9. The topological polar surface area (TPSA) is 163 Å². The second-order valence-electron chi connectivity index (χ2n) is 11.1. The number of hydrogen-bond donors (Lipinski definition) is 5. The first-order valence-electron chi connectivity index (χ1n) is 13.3. The summed E-state index contributed by atoms with van der Waals surface area (Å²) in [6.07, 6.45) is -9.97. The number of Topliss-reactive ketones (excluding diaryl/α,β-unsaturated/α-hetero) is 1. The van der Waals surface area contributed by atoms with E-state index >= 15 is 0 Å². The van der Waals surface area contributed by atoms with Crippen molar-refractivity contribution < 1.29 is 49.3 Å². The maximum Gasteiger partial charge on any atom is 0.311 e. The standard InChI is InChI=1S/C27H46O10/c1-9-18-13(4)21(30)14(5)19(28)11(2)10-12(3)20(29)15(6)25(16(7)26(34)36-18)37-27-24(33)23(32)22(31)17(8)35-27/h12-18,20-25,27,29-33H,2,9-10H2,1,3-8H3/t12-,13-,14-,15+,16+,17?,18+,20-,21-,22?,23?,24?,25-,27?/m0/s1. The lowest BCUT2D eigenvalue weighted by Gasteiger charge is -2.43. The molecule has 0 aromatic carbocycles. The van der Waals surface area contributed by atoms with Gasteiger partial charge in [-0.1, -0.05) is 41.2 Å². The van der Waals surface area contributed by atoms with Crippen LogP contribution in [0.15, 0.2) is 12.2 Å². The zero-order valence-corrected chi connectivity index (χ0v) is 23.0. The highest BCUT2D eigenvalue weighted by atomic mass is 16.7. The first-order valence-corrected chi connectivity index (χ1v) is 13.3. The molecule has 0 aliphatic carbocycles. The summed E-state index contributed by atoms with van der Waals surface area (Å²) < 4.78 is 17.4. The van der Waals surface area contributed by atoms with E-state index in [-0.39, 0.29) is 17.8 Å². The Labute approximate surface area is 219 Å². The fourth-order valence-corrected chi connectivity index (χ4v) is 5.41. The number of hydrogen-bond acceptors (Lipinski definition) is 10. The van der Waals surface area contributed by atoms with E-state index in [0.29, 0.717) is 6.42 Å². The molecule has 0 amide bonds. The molecule has 10 heteroatoms. The van der Waals surface area contributed by atoms with Gasteiger partial charge in [-0.25, -0.2) is 0 Å². The van der Waals surface area contributed by atoms with Crippen molar-refractivity contribution in [3.05, 3.63) is 12.2 Å². The van der Waals surface area contributed by atoms with Gasteiger partial charge in [0, 0.05) is 17.8 Å². The van der Waals surface area contributed by atoms with E-state index in [4.69, 9.17) is 14.2 Å². The number of aliphatic hydroxyl groups excluding tert-OH is 5. The van der Waals surface area contributed by atoms with Crippen LogP contribution in [0.2, 0.25) is 0 Å². The Balaban J connectivity index is 2.45. The van der Waals surface area contributed by atoms with Crippen LogP contribution in [-0.2, 0) is 23.8 Å². The number of ketones is 1. The molecule has 0 saturated carbocycles. The SMILES string of the molecule is C=C1C[C@H](C)[C@H](O)[C@@H](C)[C@H](OC2OC(C)C(O)C(O)C2O)[C@@H](C)C(=O)O[C@H](CC)[C@H](C)[C@H](O)[C@@H](C)C1=O. The second kappa shape index (κ2) is 13.1. The van der Waals surface area contributed by atoms with Crippen LogP contribution in [0, 0.1) is 29.6 Å². The van der Waals surface area contributed by atoms with Gasteiger partial charge in [0.2, 0.25) is 0 Å². The molecule has 2 heterocycles. The molecule has 0 aromatic heterocycles. The zero-order valence-electron chi connectivity index (χ0n) is 23.0. The zero-order chi connectivity index (χ0) is 28.4. The number of cyclic esters (lactones) is 1. The predicted molar refractivity (Wildman–Crippen MR) is 134 cm³/mol. The average Bonchev–Trinajstić information content (AvgIpc) is 2.87. The van der Waals surface area contributed by atoms with E-state index in [1.807, 2.05) is 6.92 Å². The summed E-state index contributed by atoms with van der Waals surface area (Å²) in [4.78, 5) is 26.3. The van der Waals surface area contributed by atoms with Crippen molar-refractivity contribution in [1.29, 1.82) is 0 Å². The number of ether oxygens (including phenoxy) is 3. The summed E-state index contributed by atoms with van der Waals surface area (Å²) in [6, 6.07) is 0. The summed E-state index contributed by atoms with van der Waals surface area (Å²) in [7, 11) is 0. The van der Waals surface area contributed by atoms with E-state index in [1.54, 1.807) is 34.6 Å². The Hall–Kier alpha value is -1.40. The first-order chi connectivity index (χ1) is 17.1. The van der Waals surface area contributed by atoms with Gasteiger partial charge >= 0.3 is 5.97 Å². The first kappa shape index (κ1) is 31.8. The molecule has 0 radical (unpaired) electrons. The molecule has 0 bridgehead atoms. The molecule has 0 aromatic rings. The molecular formula is C27H46O10. The van der Waals surface area contributed by atoms with Crippen molar-refractivity contribution in [2.24, 2.45) is 29.6 Å². The van der Waals surface area contributed by atoms with Gasteiger partial charge in [-0.15, -0.1) is 0 Å². The third-order valence-electron chi connectivity index (χ3n) is 8.24. The number of aliphatic hydroxyl groups is 5. The molecule has 2 aliphatic heterocycles. The van der Waals surface area contributed by atoms with Crippen LogP contribution >= 0.6 is 0 Å². The molecular weight excluding hydrogens is 484 g/mol. The molecule has 214 valence electrons. The van der Waals surface area contributed by atoms with Crippen LogP contribution in [0.3, 0.4) is 0 Å². The minimum absolute atomic E-state index is 0.170. The summed E-state index contributed by atoms with van der Waals surface area (Å²) in [5.74, 6) is -4.35. The lowest BCUT2D eigenvalue weighted by molar-refractivity contribution is -0.313. The van der Waals surface area contributed by atoms with Crippen LogP contribution < -0.4 is 0 Å². The van der Waals surface area contributed by atoms with Crippen LogP contribution in [0.5, 0.6) is 0 Å². The number of carbonyl (C=O) groups excluding carboxylic acids is 2. The fraction of sp³-hybridized carbons (Fsp3) is 0.852. The molecule has 14 atom stereocenters. The Bertz CT molecular complexity index is 802. The van der Waals surface area contributed by atoms with Gasteiger partial charge in [-0.2, -0.15) is 0 Å². The normalized spacial score (nSPS) is 47.3. The van der Waals surface area contributed by atoms with Crippen LogP contribution in [0.25, 0.3) is 0 Å². The molecule has 37 heavy (non-hydrogen) atoms. The van der Waals surface area contributed by atoms with Crippen molar-refractivity contribution in [3.63, 3.8) is 0 Å². The Morgan fingerprint density at radius 2 is 1.43 bits per heavy atom. The van der Waals surface area contributed by atoms with Gasteiger partial charge in [0.05, 0.1) is 30.3 Å². The van der Waals surface area contributed by atoms with E-state index in [2.05, 4.69) is 6.58 Å². The van der Waals surface area contributed by atoms with Crippen molar-refractivity contribution in [3.8, 4) is 0 Å². The highest BCUT2D eigenvalue weighted by Gasteiger charge is 2.47. The van der Waals surface area contributed by atoms with Crippen LogP contribution in [-0.4, -0.2) is 92.4 Å². The summed E-state index contributed by atoms with van der Waals surface area (Å²) >= 11 is 0. The highest BCUT2D eigenvalue weighted by molar-refractivity contribution is 5.96. The van der Waals surface area contributed by atoms with E-state index in [9.17, 15) is 35.1 Å². The maximum absolute atomic E-state index is 13.3. The van der Waals surface area contributed by atoms with Gasteiger partial charge in [0.1, 0.15) is 24.4 Å². The smallest absolute Gasteiger partial charge is 0.311 e. The summed E-state index contributed by atoms with van der Waals surface area (Å²) in [6.45, 7) is 15.6. The van der Waals surface area contributed by atoms with Gasteiger partial charge in [-0.05, 0) is 38.2 Å². The molecule has 2 aliphatic rings. The Morgan fingerprint density at radius 3 is 2.00 bits per heavy atom. The average molecular weight is 531 g/mol. The molecule has 2 saturated heterocycles. The quantitative estimate of drug-likeness (QED) is 0.262. The highest BCUT2D eigenvalue weighted by Crippen LogP contribution is 2.34. The van der Waals surface area contributed by atoms with Gasteiger partial charge in [-0.3, -0.25) is 9.59 Å². The molecule has 2 rings (SSSR count). The van der Waals surface area contributed by atoms with Crippen molar-refractivity contribution in [2.45, 2.75) is 116 Å². The van der Waals surface area contributed by atoms with Crippen LogP contribution in [0.4, 0.5) is 0 Å². The minimum atomic E-state index is -1.60. The van der Waals surface area contributed by atoms with Crippen LogP contribution in [0.1, 0.15) is 61.3 Å². The maximum atomic E-state index is 13.3. The molecule has 5 unspecified atom stereocenters. The summed E-state index contributed by atoms with van der Waals surface area (Å²) in [5.41, 5.74) is 0.280. The Kier molecular flexibility index (Phi) is 11.3. The monoisotopic (exact) mass is 530 g/mol. The van der Waals surface area contributed by atoms with E-state index < -0.39 is 90.7 Å². The lowest BCUT2D eigenvalue weighted by Crippen LogP contribution is -2.59. The van der Waals surface area contributed by atoms with E-state index in [0.717, 1.165) is 0 Å². The van der Waals surface area contributed by atoms with Crippen molar-refractivity contribution >= 4 is 11.8 Å². The molecule has 10 nitrogen and oxygen atoms in total. The fourth-order valence-electron chi connectivity index (χ4n) is 5.41. The minimum Gasteiger partial charge on any atom is -0.462 e. The number of carbonyl (C=O) groups is 2. The lowest BCUT2D eigenvalue weighted by atomic mass is 9.78. The number of esters is 1. The Morgan fingerprint density at radius 1 is 0.838 bits per heavy atom. The van der Waals surface area contributed by atoms with Crippen molar-refractivity contribution in [1.82, 2.24) is 0 Å². The predicted octanol–water partition coefficient (Wildman–Crippen LogP) is 0.952. The second-order valence-corrected chi connectivity index (χ2v) is 11.1.